The van der Waals surface area contributed by atoms with Crippen molar-refractivity contribution < 1.29 is 14.2 Å². The van der Waals surface area contributed by atoms with Crippen molar-refractivity contribution in [3.05, 3.63) is 24.3 Å². The fourth-order valence-corrected chi connectivity index (χ4v) is 1.58. The van der Waals surface area contributed by atoms with Gasteiger partial charge in [-0.25, -0.2) is 0 Å². The van der Waals surface area contributed by atoms with E-state index in [-0.39, 0.29) is 6.10 Å². The van der Waals surface area contributed by atoms with E-state index in [4.69, 9.17) is 14.2 Å². The average molecular weight is 208 g/mol. The summed E-state index contributed by atoms with van der Waals surface area (Å²) in [6.45, 7) is 3.10. The van der Waals surface area contributed by atoms with Gasteiger partial charge < -0.3 is 14.2 Å². The van der Waals surface area contributed by atoms with Crippen LogP contribution in [0.2, 0.25) is 0 Å². The SMILES string of the molecule is CC1CCCOCOc2ccccc2O1. The van der Waals surface area contributed by atoms with Crippen molar-refractivity contribution in [3.63, 3.8) is 0 Å². The summed E-state index contributed by atoms with van der Waals surface area (Å²) in [7, 11) is 0. The van der Waals surface area contributed by atoms with Crippen molar-refractivity contribution in [2.75, 3.05) is 13.4 Å². The van der Waals surface area contributed by atoms with E-state index >= 15 is 0 Å². The molecular weight excluding hydrogens is 192 g/mol. The minimum Gasteiger partial charge on any atom is -0.487 e. The Kier molecular flexibility index (Phi) is 3.45. The van der Waals surface area contributed by atoms with Gasteiger partial charge in [0.05, 0.1) is 12.7 Å². The van der Waals surface area contributed by atoms with Gasteiger partial charge in [-0.1, -0.05) is 12.1 Å². The van der Waals surface area contributed by atoms with Gasteiger partial charge in [-0.05, 0) is 31.9 Å². The van der Waals surface area contributed by atoms with E-state index in [0.29, 0.717) is 6.79 Å². The van der Waals surface area contributed by atoms with E-state index in [1.807, 2.05) is 24.3 Å². The molecule has 1 aliphatic rings. The predicted octanol–water partition coefficient (Wildman–Crippen LogP) is 2.60. The summed E-state index contributed by atoms with van der Waals surface area (Å²) in [6.07, 6.45) is 2.22. The highest BCUT2D eigenvalue weighted by Crippen LogP contribution is 2.28. The highest BCUT2D eigenvalue weighted by atomic mass is 16.7. The lowest BCUT2D eigenvalue weighted by Gasteiger charge is -2.19. The summed E-state index contributed by atoms with van der Waals surface area (Å²) >= 11 is 0. The number of fused-ring (bicyclic) bond motifs is 1. The van der Waals surface area contributed by atoms with Crippen LogP contribution in [0.5, 0.6) is 11.5 Å². The van der Waals surface area contributed by atoms with Gasteiger partial charge in [-0.15, -0.1) is 0 Å². The summed E-state index contributed by atoms with van der Waals surface area (Å²) < 4.78 is 16.6. The molecule has 0 spiro atoms. The maximum absolute atomic E-state index is 5.79. The Bertz CT molecular complexity index is 311. The van der Waals surface area contributed by atoms with Crippen LogP contribution >= 0.6 is 0 Å². The summed E-state index contributed by atoms with van der Waals surface area (Å²) in [5.74, 6) is 1.56. The summed E-state index contributed by atoms with van der Waals surface area (Å²) in [6, 6.07) is 7.70. The molecule has 0 N–H and O–H groups in total. The third-order valence-corrected chi connectivity index (χ3v) is 2.37. The van der Waals surface area contributed by atoms with Gasteiger partial charge in [0.2, 0.25) is 0 Å². The molecule has 3 nitrogen and oxygen atoms in total. The summed E-state index contributed by atoms with van der Waals surface area (Å²) in [4.78, 5) is 0. The van der Waals surface area contributed by atoms with E-state index in [2.05, 4.69) is 6.92 Å². The summed E-state index contributed by atoms with van der Waals surface area (Å²) in [5.41, 5.74) is 0. The smallest absolute Gasteiger partial charge is 0.189 e. The zero-order chi connectivity index (χ0) is 10.5. The molecule has 15 heavy (non-hydrogen) atoms. The first kappa shape index (κ1) is 10.3. The van der Waals surface area contributed by atoms with Gasteiger partial charge in [0.1, 0.15) is 0 Å². The van der Waals surface area contributed by atoms with E-state index in [1.54, 1.807) is 0 Å². The van der Waals surface area contributed by atoms with Crippen molar-refractivity contribution in [3.8, 4) is 11.5 Å². The number of ether oxygens (including phenoxy) is 3. The molecule has 3 heteroatoms. The topological polar surface area (TPSA) is 27.7 Å². The lowest BCUT2D eigenvalue weighted by molar-refractivity contribution is 0.00326. The van der Waals surface area contributed by atoms with E-state index in [9.17, 15) is 0 Å². The molecule has 1 aromatic rings. The van der Waals surface area contributed by atoms with Crippen LogP contribution in [0.4, 0.5) is 0 Å². The Morgan fingerprint density at radius 2 is 2.00 bits per heavy atom. The van der Waals surface area contributed by atoms with E-state index in [0.717, 1.165) is 30.9 Å². The standard InChI is InChI=1S/C12H16O3/c1-10-5-4-8-13-9-14-11-6-2-3-7-12(11)15-10/h2-3,6-7,10H,4-5,8-9H2,1H3. The molecule has 1 aromatic carbocycles. The van der Waals surface area contributed by atoms with Crippen LogP contribution in [-0.2, 0) is 4.74 Å². The third kappa shape index (κ3) is 2.86. The molecule has 82 valence electrons. The predicted molar refractivity (Wildman–Crippen MR) is 57.2 cm³/mol. The summed E-state index contributed by atoms with van der Waals surface area (Å²) in [5, 5.41) is 0. The van der Waals surface area contributed by atoms with E-state index in [1.165, 1.54) is 0 Å². The normalized spacial score (nSPS) is 22.1. The molecule has 1 unspecified atom stereocenters. The fraction of sp³-hybridized carbons (Fsp3) is 0.500. The molecule has 0 amide bonds. The first-order chi connectivity index (χ1) is 7.36. The number of para-hydroxylation sites is 2. The van der Waals surface area contributed by atoms with E-state index < -0.39 is 0 Å². The zero-order valence-corrected chi connectivity index (χ0v) is 8.94. The second-order valence-electron chi connectivity index (χ2n) is 3.69. The molecule has 0 aromatic heterocycles. The van der Waals surface area contributed by atoms with Gasteiger partial charge in [-0.2, -0.15) is 0 Å². The largest absolute Gasteiger partial charge is 0.487 e. The van der Waals surface area contributed by atoms with Gasteiger partial charge >= 0.3 is 0 Å². The molecule has 0 radical (unpaired) electrons. The molecule has 1 heterocycles. The lowest BCUT2D eigenvalue weighted by Crippen LogP contribution is -2.16. The third-order valence-electron chi connectivity index (χ3n) is 2.37. The Balaban J connectivity index is 2.15. The Morgan fingerprint density at radius 1 is 1.20 bits per heavy atom. The minimum atomic E-state index is 0.205. The van der Waals surface area contributed by atoms with Gasteiger partial charge in [-0.3, -0.25) is 0 Å². The van der Waals surface area contributed by atoms with Crippen molar-refractivity contribution in [1.29, 1.82) is 0 Å². The van der Waals surface area contributed by atoms with Crippen molar-refractivity contribution in [1.82, 2.24) is 0 Å². The average Bonchev–Trinajstić information content (AvgIpc) is 2.25. The molecule has 0 fully saturated rings. The second kappa shape index (κ2) is 5.03. The van der Waals surface area contributed by atoms with Crippen LogP contribution in [0, 0.1) is 0 Å². The van der Waals surface area contributed by atoms with Crippen molar-refractivity contribution in [2.45, 2.75) is 25.9 Å². The second-order valence-corrected chi connectivity index (χ2v) is 3.69. The number of rotatable bonds is 0. The van der Waals surface area contributed by atoms with Crippen LogP contribution in [0.25, 0.3) is 0 Å². The molecule has 0 aliphatic carbocycles. The van der Waals surface area contributed by atoms with Gasteiger partial charge in [0.25, 0.3) is 0 Å². The maximum Gasteiger partial charge on any atom is 0.189 e. The van der Waals surface area contributed by atoms with Crippen LogP contribution in [-0.4, -0.2) is 19.5 Å². The fourth-order valence-electron chi connectivity index (χ4n) is 1.58. The highest BCUT2D eigenvalue weighted by molar-refractivity contribution is 5.39. The van der Waals surface area contributed by atoms with Crippen LogP contribution in [0.15, 0.2) is 24.3 Å². The lowest BCUT2D eigenvalue weighted by atomic mass is 10.2. The Labute approximate surface area is 90.0 Å². The highest BCUT2D eigenvalue weighted by Gasteiger charge is 2.10. The molecule has 0 saturated carbocycles. The quantitative estimate of drug-likeness (QED) is 0.656. The van der Waals surface area contributed by atoms with Gasteiger partial charge in [0, 0.05) is 0 Å². The number of hydrogen-bond donors (Lipinski definition) is 0. The van der Waals surface area contributed by atoms with Crippen LogP contribution < -0.4 is 9.47 Å². The molecule has 1 atom stereocenters. The minimum absolute atomic E-state index is 0.205. The van der Waals surface area contributed by atoms with Gasteiger partial charge in [0.15, 0.2) is 18.3 Å². The Morgan fingerprint density at radius 3 is 2.87 bits per heavy atom. The molecule has 1 aliphatic heterocycles. The molecule has 0 bridgehead atoms. The first-order valence-electron chi connectivity index (χ1n) is 5.32. The Hall–Kier alpha value is -1.22. The number of hydrogen-bond acceptors (Lipinski definition) is 3. The van der Waals surface area contributed by atoms with Crippen LogP contribution in [0.1, 0.15) is 19.8 Å². The maximum atomic E-state index is 5.79. The van der Waals surface area contributed by atoms with Crippen LogP contribution in [0.3, 0.4) is 0 Å². The molecule has 0 saturated heterocycles. The number of benzene rings is 1. The monoisotopic (exact) mass is 208 g/mol. The molecular formula is C12H16O3. The first-order valence-corrected chi connectivity index (χ1v) is 5.32. The van der Waals surface area contributed by atoms with Crippen molar-refractivity contribution >= 4 is 0 Å². The molecule has 2 rings (SSSR count). The zero-order valence-electron chi connectivity index (χ0n) is 8.94. The van der Waals surface area contributed by atoms with Crippen molar-refractivity contribution in [2.24, 2.45) is 0 Å².